The van der Waals surface area contributed by atoms with Crippen LogP contribution in [0.4, 0.5) is 0 Å². The van der Waals surface area contributed by atoms with Crippen molar-refractivity contribution >= 4 is 0 Å². The van der Waals surface area contributed by atoms with E-state index in [1.165, 1.54) is 27.9 Å². The number of aromatic nitrogens is 1. The van der Waals surface area contributed by atoms with Gasteiger partial charge in [0.25, 0.3) is 0 Å². The lowest BCUT2D eigenvalue weighted by Gasteiger charge is -2.12. The van der Waals surface area contributed by atoms with Crippen LogP contribution in [0, 0.1) is 0 Å². The lowest BCUT2D eigenvalue weighted by molar-refractivity contribution is 0.596. The molecule has 1 atom stereocenters. The number of aryl methyl sites for hydroxylation is 1. The van der Waals surface area contributed by atoms with E-state index in [-0.39, 0.29) is 6.04 Å². The van der Waals surface area contributed by atoms with E-state index in [9.17, 15) is 0 Å². The fourth-order valence-electron chi connectivity index (χ4n) is 2.87. The highest BCUT2D eigenvalue weighted by atomic mass is 15.0. The molecule has 2 N–H and O–H groups in total. The Labute approximate surface area is 108 Å². The first kappa shape index (κ1) is 11.5. The molecule has 1 aliphatic rings. The standard InChI is InChI=1S/C16H20N2/c1-3-12-4-5-13-9-14-6-7-18(10-11(2)17)16(14)15(13)8-12/h4-8,11H,3,9-10,17H2,1-2H3/t11-/m0/s1. The number of nitrogens with two attached hydrogens (primary N) is 1. The Morgan fingerprint density at radius 3 is 2.83 bits per heavy atom. The second-order valence-electron chi connectivity index (χ2n) is 5.34. The lowest BCUT2D eigenvalue weighted by atomic mass is 10.0. The van der Waals surface area contributed by atoms with E-state index in [2.05, 4.69) is 48.9 Å². The van der Waals surface area contributed by atoms with Gasteiger partial charge in [0.2, 0.25) is 0 Å². The maximum absolute atomic E-state index is 5.93. The second-order valence-corrected chi connectivity index (χ2v) is 5.34. The minimum absolute atomic E-state index is 0.194. The molecule has 0 saturated heterocycles. The maximum atomic E-state index is 5.93. The molecule has 0 radical (unpaired) electrons. The largest absolute Gasteiger partial charge is 0.346 e. The highest BCUT2D eigenvalue weighted by molar-refractivity contribution is 5.75. The predicted octanol–water partition coefficient (Wildman–Crippen LogP) is 2.97. The summed E-state index contributed by atoms with van der Waals surface area (Å²) >= 11 is 0. The molecular formula is C16H20N2. The van der Waals surface area contributed by atoms with Gasteiger partial charge in [-0.3, -0.25) is 0 Å². The highest BCUT2D eigenvalue weighted by Crippen LogP contribution is 2.38. The molecule has 2 aromatic rings. The topological polar surface area (TPSA) is 30.9 Å². The van der Waals surface area contributed by atoms with Crippen molar-refractivity contribution in [3.63, 3.8) is 0 Å². The van der Waals surface area contributed by atoms with Crippen LogP contribution in [-0.4, -0.2) is 10.6 Å². The van der Waals surface area contributed by atoms with Crippen LogP contribution in [0.25, 0.3) is 11.3 Å². The van der Waals surface area contributed by atoms with Gasteiger partial charge in [-0.05, 0) is 42.2 Å². The fraction of sp³-hybridized carbons (Fsp3) is 0.375. The van der Waals surface area contributed by atoms with Crippen LogP contribution in [0.3, 0.4) is 0 Å². The van der Waals surface area contributed by atoms with Crippen molar-refractivity contribution in [3.8, 4) is 11.3 Å². The number of hydrogen-bond acceptors (Lipinski definition) is 1. The van der Waals surface area contributed by atoms with Gasteiger partial charge in [-0.1, -0.05) is 19.1 Å². The van der Waals surface area contributed by atoms with E-state index in [4.69, 9.17) is 5.73 Å². The van der Waals surface area contributed by atoms with Gasteiger partial charge in [0.1, 0.15) is 0 Å². The zero-order valence-electron chi connectivity index (χ0n) is 11.1. The van der Waals surface area contributed by atoms with E-state index in [1.807, 2.05) is 0 Å². The Morgan fingerprint density at radius 2 is 2.11 bits per heavy atom. The Hall–Kier alpha value is -1.54. The number of fused-ring (bicyclic) bond motifs is 3. The maximum Gasteiger partial charge on any atom is 0.0519 e. The average molecular weight is 240 g/mol. The van der Waals surface area contributed by atoms with E-state index >= 15 is 0 Å². The number of rotatable bonds is 3. The van der Waals surface area contributed by atoms with Crippen LogP contribution >= 0.6 is 0 Å². The number of hydrogen-bond donors (Lipinski definition) is 1. The van der Waals surface area contributed by atoms with Crippen molar-refractivity contribution in [3.05, 3.63) is 47.2 Å². The number of nitrogens with zero attached hydrogens (tertiary/aromatic N) is 1. The van der Waals surface area contributed by atoms with Gasteiger partial charge in [0.15, 0.2) is 0 Å². The van der Waals surface area contributed by atoms with Crippen molar-refractivity contribution in [2.75, 3.05) is 0 Å². The van der Waals surface area contributed by atoms with E-state index in [0.717, 1.165) is 19.4 Å². The quantitative estimate of drug-likeness (QED) is 0.749. The van der Waals surface area contributed by atoms with Crippen molar-refractivity contribution in [2.24, 2.45) is 5.73 Å². The molecule has 94 valence electrons. The summed E-state index contributed by atoms with van der Waals surface area (Å²) in [6.07, 6.45) is 4.34. The second kappa shape index (κ2) is 4.29. The van der Waals surface area contributed by atoms with Crippen LogP contribution < -0.4 is 5.73 Å². The summed E-state index contributed by atoms with van der Waals surface area (Å²) in [6, 6.07) is 9.31. The summed E-state index contributed by atoms with van der Waals surface area (Å²) in [7, 11) is 0. The SMILES string of the molecule is CCc1ccc2c(c1)-c1c(ccn1C[C@H](C)N)C2. The van der Waals surface area contributed by atoms with Gasteiger partial charge in [-0.15, -0.1) is 0 Å². The zero-order valence-corrected chi connectivity index (χ0v) is 11.1. The van der Waals surface area contributed by atoms with Gasteiger partial charge in [-0.25, -0.2) is 0 Å². The molecular weight excluding hydrogens is 220 g/mol. The van der Waals surface area contributed by atoms with E-state index in [0.29, 0.717) is 0 Å². The van der Waals surface area contributed by atoms with Crippen LogP contribution in [0.2, 0.25) is 0 Å². The summed E-state index contributed by atoms with van der Waals surface area (Å²) < 4.78 is 2.31. The lowest BCUT2D eigenvalue weighted by Crippen LogP contribution is -2.22. The van der Waals surface area contributed by atoms with Crippen molar-refractivity contribution in [1.29, 1.82) is 0 Å². The molecule has 1 aromatic heterocycles. The molecule has 0 aliphatic heterocycles. The summed E-state index contributed by atoms with van der Waals surface area (Å²) in [5.74, 6) is 0. The van der Waals surface area contributed by atoms with Gasteiger partial charge >= 0.3 is 0 Å². The summed E-state index contributed by atoms with van der Waals surface area (Å²) in [5, 5.41) is 0. The smallest absolute Gasteiger partial charge is 0.0519 e. The first-order valence-electron chi connectivity index (χ1n) is 6.74. The van der Waals surface area contributed by atoms with Gasteiger partial charge in [0, 0.05) is 30.8 Å². The van der Waals surface area contributed by atoms with E-state index in [1.54, 1.807) is 0 Å². The van der Waals surface area contributed by atoms with Crippen molar-refractivity contribution in [2.45, 2.75) is 39.3 Å². The van der Waals surface area contributed by atoms with Gasteiger partial charge in [0.05, 0.1) is 5.69 Å². The average Bonchev–Trinajstić information content (AvgIpc) is 2.88. The molecule has 0 bridgehead atoms. The first-order chi connectivity index (χ1) is 8.69. The molecule has 2 heteroatoms. The first-order valence-corrected chi connectivity index (χ1v) is 6.74. The predicted molar refractivity (Wildman–Crippen MR) is 75.7 cm³/mol. The molecule has 1 aromatic carbocycles. The molecule has 0 fully saturated rings. The van der Waals surface area contributed by atoms with Crippen molar-refractivity contribution in [1.82, 2.24) is 4.57 Å². The van der Waals surface area contributed by atoms with Crippen LogP contribution in [0.15, 0.2) is 30.5 Å². The molecule has 0 unspecified atom stereocenters. The summed E-state index contributed by atoms with van der Waals surface area (Å²) in [5.41, 5.74) is 13.0. The van der Waals surface area contributed by atoms with Crippen molar-refractivity contribution < 1.29 is 0 Å². The fourth-order valence-corrected chi connectivity index (χ4v) is 2.87. The molecule has 3 rings (SSSR count). The molecule has 1 heterocycles. The molecule has 0 spiro atoms. The molecule has 0 amide bonds. The molecule has 2 nitrogen and oxygen atoms in total. The van der Waals surface area contributed by atoms with Crippen LogP contribution in [-0.2, 0) is 19.4 Å². The van der Waals surface area contributed by atoms with Gasteiger partial charge < -0.3 is 10.3 Å². The number of benzene rings is 1. The Kier molecular flexibility index (Phi) is 2.75. The molecule has 0 saturated carbocycles. The highest BCUT2D eigenvalue weighted by Gasteiger charge is 2.22. The Balaban J connectivity index is 2.09. The minimum Gasteiger partial charge on any atom is -0.346 e. The Morgan fingerprint density at radius 1 is 1.28 bits per heavy atom. The summed E-state index contributed by atoms with van der Waals surface area (Å²) in [6.45, 7) is 5.16. The van der Waals surface area contributed by atoms with Crippen LogP contribution in [0.1, 0.15) is 30.5 Å². The Bertz CT molecular complexity index is 579. The third kappa shape index (κ3) is 1.77. The minimum atomic E-state index is 0.194. The zero-order chi connectivity index (χ0) is 12.7. The normalized spacial score (nSPS) is 14.4. The van der Waals surface area contributed by atoms with Crippen LogP contribution in [0.5, 0.6) is 0 Å². The third-order valence-corrected chi connectivity index (χ3v) is 3.75. The third-order valence-electron chi connectivity index (χ3n) is 3.75. The van der Waals surface area contributed by atoms with Gasteiger partial charge in [-0.2, -0.15) is 0 Å². The monoisotopic (exact) mass is 240 g/mol. The summed E-state index contributed by atoms with van der Waals surface area (Å²) in [4.78, 5) is 0. The molecule has 18 heavy (non-hydrogen) atoms. The van der Waals surface area contributed by atoms with E-state index < -0.39 is 0 Å². The molecule has 1 aliphatic carbocycles.